The van der Waals surface area contributed by atoms with Gasteiger partial charge in [-0.1, -0.05) is 19.3 Å². The van der Waals surface area contributed by atoms with Crippen LogP contribution < -0.4 is 16.6 Å². The van der Waals surface area contributed by atoms with Crippen molar-refractivity contribution in [1.29, 1.82) is 0 Å². The highest BCUT2D eigenvalue weighted by atomic mass is 32.2. The molecule has 0 aromatic heterocycles. The van der Waals surface area contributed by atoms with E-state index >= 15 is 0 Å². The fraction of sp³-hybridized carbons (Fsp3) is 0.909. The van der Waals surface area contributed by atoms with Crippen LogP contribution in [-0.2, 0) is 0 Å². The third-order valence-corrected chi connectivity index (χ3v) is 4.61. The maximum atomic E-state index is 5.41. The molecule has 0 aromatic rings. The Labute approximate surface area is 103 Å². The number of nitrogens with two attached hydrogens (primary N) is 1. The molecule has 0 heterocycles. The summed E-state index contributed by atoms with van der Waals surface area (Å²) < 4.78 is 0.343. The standard InChI is InChI=1S/C11H24N4S/c1-3-13-10(15-12)14-9-11(16-2)7-5-4-6-8-11/h3-9,12H2,1-2H3,(H2,13,14,15). The molecule has 0 spiro atoms. The first-order valence-corrected chi connectivity index (χ1v) is 7.29. The molecule has 4 nitrogen and oxygen atoms in total. The molecule has 1 aliphatic carbocycles. The molecule has 0 aliphatic heterocycles. The van der Waals surface area contributed by atoms with Crippen LogP contribution in [0.15, 0.2) is 4.99 Å². The van der Waals surface area contributed by atoms with Crippen LogP contribution in [0.5, 0.6) is 0 Å². The van der Waals surface area contributed by atoms with Crippen LogP contribution in [0.3, 0.4) is 0 Å². The number of thioether (sulfide) groups is 1. The van der Waals surface area contributed by atoms with Gasteiger partial charge in [-0.3, -0.25) is 10.4 Å². The van der Waals surface area contributed by atoms with Gasteiger partial charge in [-0.05, 0) is 26.0 Å². The first kappa shape index (κ1) is 13.6. The van der Waals surface area contributed by atoms with E-state index in [2.05, 4.69) is 22.0 Å². The molecule has 0 aromatic carbocycles. The molecular weight excluding hydrogens is 220 g/mol. The number of guanidine groups is 1. The predicted molar refractivity (Wildman–Crippen MR) is 72.6 cm³/mol. The van der Waals surface area contributed by atoms with Gasteiger partial charge in [0.2, 0.25) is 5.96 Å². The Morgan fingerprint density at radius 3 is 2.56 bits per heavy atom. The van der Waals surface area contributed by atoms with Crippen LogP contribution >= 0.6 is 11.8 Å². The van der Waals surface area contributed by atoms with Crippen LogP contribution in [0.2, 0.25) is 0 Å². The average Bonchev–Trinajstić information content (AvgIpc) is 2.35. The second kappa shape index (κ2) is 7.01. The molecule has 1 fully saturated rings. The molecule has 0 bridgehead atoms. The zero-order chi connectivity index (χ0) is 11.9. The summed E-state index contributed by atoms with van der Waals surface area (Å²) in [5.41, 5.74) is 2.61. The van der Waals surface area contributed by atoms with Crippen LogP contribution in [-0.4, -0.2) is 30.1 Å². The summed E-state index contributed by atoms with van der Waals surface area (Å²) >= 11 is 1.96. The van der Waals surface area contributed by atoms with Gasteiger partial charge in [0.1, 0.15) is 0 Å². The smallest absolute Gasteiger partial charge is 0.205 e. The minimum absolute atomic E-state index is 0.343. The summed E-state index contributed by atoms with van der Waals surface area (Å²) in [7, 11) is 0. The minimum Gasteiger partial charge on any atom is -0.356 e. The summed E-state index contributed by atoms with van der Waals surface area (Å²) in [4.78, 5) is 4.55. The SMILES string of the molecule is CCNC(=NCC1(SC)CCCCC1)NN. The van der Waals surface area contributed by atoms with Crippen LogP contribution in [0, 0.1) is 0 Å². The van der Waals surface area contributed by atoms with E-state index in [1.54, 1.807) is 0 Å². The van der Waals surface area contributed by atoms with Gasteiger partial charge in [-0.2, -0.15) is 11.8 Å². The lowest BCUT2D eigenvalue weighted by molar-refractivity contribution is 0.404. The maximum absolute atomic E-state index is 5.41. The molecule has 1 saturated carbocycles. The maximum Gasteiger partial charge on any atom is 0.205 e. The molecule has 0 radical (unpaired) electrons. The molecule has 1 aliphatic rings. The van der Waals surface area contributed by atoms with Crippen LogP contribution in [0.4, 0.5) is 0 Å². The Kier molecular flexibility index (Phi) is 5.98. The van der Waals surface area contributed by atoms with Gasteiger partial charge in [-0.15, -0.1) is 0 Å². The fourth-order valence-electron chi connectivity index (χ4n) is 2.17. The van der Waals surface area contributed by atoms with Crippen molar-refractivity contribution < 1.29 is 0 Å². The number of hydrogen-bond acceptors (Lipinski definition) is 3. The van der Waals surface area contributed by atoms with E-state index in [0.717, 1.165) is 13.1 Å². The Bertz CT molecular complexity index is 224. The number of rotatable bonds is 4. The summed E-state index contributed by atoms with van der Waals surface area (Å²) in [5.74, 6) is 6.12. The van der Waals surface area contributed by atoms with E-state index in [9.17, 15) is 0 Å². The van der Waals surface area contributed by atoms with E-state index in [4.69, 9.17) is 5.84 Å². The predicted octanol–water partition coefficient (Wildman–Crippen LogP) is 1.48. The fourth-order valence-corrected chi connectivity index (χ4v) is 3.06. The average molecular weight is 244 g/mol. The third kappa shape index (κ3) is 3.87. The van der Waals surface area contributed by atoms with Gasteiger partial charge in [-0.25, -0.2) is 5.84 Å². The molecule has 0 unspecified atom stereocenters. The molecular formula is C11H24N4S. The van der Waals surface area contributed by atoms with E-state index < -0.39 is 0 Å². The van der Waals surface area contributed by atoms with Gasteiger partial charge < -0.3 is 5.32 Å². The minimum atomic E-state index is 0.343. The number of hydrazine groups is 1. The molecule has 0 amide bonds. The third-order valence-electron chi connectivity index (χ3n) is 3.20. The second-order valence-electron chi connectivity index (χ2n) is 4.29. The highest BCUT2D eigenvalue weighted by Crippen LogP contribution is 2.38. The zero-order valence-corrected chi connectivity index (χ0v) is 11.2. The molecule has 0 saturated heterocycles. The lowest BCUT2D eigenvalue weighted by Gasteiger charge is -2.34. The van der Waals surface area contributed by atoms with E-state index in [-0.39, 0.29) is 0 Å². The number of nitrogens with zero attached hydrogens (tertiary/aromatic N) is 1. The number of nitrogens with one attached hydrogen (secondary N) is 2. The Morgan fingerprint density at radius 1 is 1.38 bits per heavy atom. The Balaban J connectivity index is 2.54. The van der Waals surface area contributed by atoms with Gasteiger partial charge >= 0.3 is 0 Å². The summed E-state index contributed by atoms with van der Waals surface area (Å²) in [6.07, 6.45) is 8.81. The molecule has 1 rings (SSSR count). The monoisotopic (exact) mass is 244 g/mol. The largest absolute Gasteiger partial charge is 0.356 e. The van der Waals surface area contributed by atoms with Crippen molar-refractivity contribution >= 4 is 17.7 Å². The van der Waals surface area contributed by atoms with Crippen LogP contribution in [0.1, 0.15) is 39.0 Å². The summed E-state index contributed by atoms with van der Waals surface area (Å²) in [5, 5.41) is 3.12. The molecule has 16 heavy (non-hydrogen) atoms. The lowest BCUT2D eigenvalue weighted by atomic mass is 9.88. The first-order chi connectivity index (χ1) is 7.76. The quantitative estimate of drug-likeness (QED) is 0.303. The molecule has 0 atom stereocenters. The number of aliphatic imine (C=N–C) groups is 1. The van der Waals surface area contributed by atoms with Gasteiger partial charge in [0.25, 0.3) is 0 Å². The van der Waals surface area contributed by atoms with E-state index in [1.807, 2.05) is 18.7 Å². The van der Waals surface area contributed by atoms with E-state index in [0.29, 0.717) is 10.7 Å². The highest BCUT2D eigenvalue weighted by molar-refractivity contribution is 8.00. The van der Waals surface area contributed by atoms with Gasteiger partial charge in [0, 0.05) is 11.3 Å². The van der Waals surface area contributed by atoms with Crippen molar-refractivity contribution in [2.45, 2.75) is 43.8 Å². The Morgan fingerprint density at radius 2 is 2.06 bits per heavy atom. The molecule has 94 valence electrons. The van der Waals surface area contributed by atoms with Crippen molar-refractivity contribution in [2.75, 3.05) is 19.3 Å². The zero-order valence-electron chi connectivity index (χ0n) is 10.4. The van der Waals surface area contributed by atoms with Crippen molar-refractivity contribution in [1.82, 2.24) is 10.7 Å². The van der Waals surface area contributed by atoms with Crippen molar-refractivity contribution in [3.8, 4) is 0 Å². The summed E-state index contributed by atoms with van der Waals surface area (Å²) in [6.45, 7) is 3.74. The topological polar surface area (TPSA) is 62.4 Å². The van der Waals surface area contributed by atoms with Crippen molar-refractivity contribution in [3.05, 3.63) is 0 Å². The normalized spacial score (nSPS) is 20.6. The van der Waals surface area contributed by atoms with Crippen molar-refractivity contribution in [3.63, 3.8) is 0 Å². The second-order valence-corrected chi connectivity index (χ2v) is 5.56. The van der Waals surface area contributed by atoms with E-state index in [1.165, 1.54) is 32.1 Å². The lowest BCUT2D eigenvalue weighted by Crippen LogP contribution is -2.43. The Hall–Kier alpha value is -0.420. The van der Waals surface area contributed by atoms with Crippen LogP contribution in [0.25, 0.3) is 0 Å². The molecule has 5 heteroatoms. The van der Waals surface area contributed by atoms with Crippen molar-refractivity contribution in [2.24, 2.45) is 10.8 Å². The molecule has 4 N–H and O–H groups in total. The van der Waals surface area contributed by atoms with Gasteiger partial charge in [0.05, 0.1) is 6.54 Å². The number of hydrogen-bond donors (Lipinski definition) is 3. The summed E-state index contributed by atoms with van der Waals surface area (Å²) in [6, 6.07) is 0. The first-order valence-electron chi connectivity index (χ1n) is 6.06. The highest BCUT2D eigenvalue weighted by Gasteiger charge is 2.30. The van der Waals surface area contributed by atoms with Gasteiger partial charge in [0.15, 0.2) is 0 Å².